The Balaban J connectivity index is 1.14. The minimum atomic E-state index is -0.656. The summed E-state index contributed by atoms with van der Waals surface area (Å²) in [6.45, 7) is 0. The van der Waals surface area contributed by atoms with Gasteiger partial charge in [-0.3, -0.25) is 0 Å². The summed E-state index contributed by atoms with van der Waals surface area (Å²) in [6, 6.07) is 77.8. The lowest BCUT2D eigenvalue weighted by atomic mass is 9.77. The van der Waals surface area contributed by atoms with Crippen LogP contribution in [-0.4, -0.2) is 4.57 Å². The predicted molar refractivity (Wildman–Crippen MR) is 250 cm³/mol. The van der Waals surface area contributed by atoms with Crippen molar-refractivity contribution >= 4 is 49.6 Å². The fourth-order valence-electron chi connectivity index (χ4n) is 12.0. The van der Waals surface area contributed by atoms with E-state index in [1.54, 1.807) is 0 Å². The third-order valence-corrected chi connectivity index (χ3v) is 14.3. The van der Waals surface area contributed by atoms with Gasteiger partial charge in [0.2, 0.25) is 0 Å². The van der Waals surface area contributed by atoms with Crippen molar-refractivity contribution in [2.24, 2.45) is 0 Å². The number of fused-ring (bicyclic) bond motifs is 12. The van der Waals surface area contributed by atoms with E-state index in [2.05, 4.69) is 216 Å². The number of rotatable bonds is 5. The van der Waals surface area contributed by atoms with Gasteiger partial charge in [0, 0.05) is 33.1 Å². The molecule has 0 saturated heterocycles. The number of hydrogen-bond acceptors (Lipinski definition) is 1. The van der Waals surface area contributed by atoms with E-state index in [-0.39, 0.29) is 5.41 Å². The molecule has 10 aromatic rings. The van der Waals surface area contributed by atoms with Gasteiger partial charge in [-0.05, 0) is 111 Å². The second-order valence-corrected chi connectivity index (χ2v) is 17.1. The van der Waals surface area contributed by atoms with E-state index in [0.717, 1.165) is 11.4 Å². The SMILES string of the molecule is c1ccc(N(c2ccc3c4ccccc4n(C4(c5ccc6ccccc6c5)c5ccccc5-c5ccccc54)c3c2)c2cccc3c2-c2ccccc2C32CCCC2)cc1. The van der Waals surface area contributed by atoms with Crippen LogP contribution in [0, 0.1) is 0 Å². The second-order valence-electron chi connectivity index (χ2n) is 17.1. The summed E-state index contributed by atoms with van der Waals surface area (Å²) >= 11 is 0. The van der Waals surface area contributed by atoms with Gasteiger partial charge in [0.1, 0.15) is 5.54 Å². The van der Waals surface area contributed by atoms with Crippen LogP contribution in [0.25, 0.3) is 54.8 Å². The molecule has 60 heavy (non-hydrogen) atoms. The number of benzene rings is 9. The van der Waals surface area contributed by atoms with E-state index in [9.17, 15) is 0 Å². The molecule has 0 bridgehead atoms. The second kappa shape index (κ2) is 12.7. The zero-order valence-electron chi connectivity index (χ0n) is 33.4. The molecule has 1 aromatic heterocycles. The molecule has 0 atom stereocenters. The van der Waals surface area contributed by atoms with Crippen LogP contribution in [0.15, 0.2) is 206 Å². The van der Waals surface area contributed by atoms with Crippen molar-refractivity contribution < 1.29 is 0 Å². The highest BCUT2D eigenvalue weighted by Gasteiger charge is 2.48. The van der Waals surface area contributed by atoms with Crippen LogP contribution >= 0.6 is 0 Å². The molecule has 2 nitrogen and oxygen atoms in total. The molecule has 1 fully saturated rings. The minimum absolute atomic E-state index is 0.0795. The lowest BCUT2D eigenvalue weighted by Gasteiger charge is -2.37. The van der Waals surface area contributed by atoms with Gasteiger partial charge in [-0.1, -0.05) is 177 Å². The first-order valence-electron chi connectivity index (χ1n) is 21.6. The standard InChI is InChI=1S/C58H42N2/c1-2-19-42(20-3-1)59(54-30-16-28-52-56(54)48-24-8-10-25-49(48)57(52)35-14-15-36-57)43-33-34-47-46-23-9-13-29-53(46)60(55(47)38-43)58(41-32-31-39-17-4-5-18-40(39)37-41)50-26-11-6-21-44(50)45-22-7-12-27-51(45)58/h1-13,16-34,37-38H,14-15,35-36H2. The van der Waals surface area contributed by atoms with Crippen molar-refractivity contribution in [1.29, 1.82) is 0 Å². The molecule has 0 aliphatic heterocycles. The number of hydrogen-bond donors (Lipinski definition) is 0. The number of nitrogens with zero attached hydrogens (tertiary/aromatic N) is 2. The Kier molecular flexibility index (Phi) is 7.13. The molecule has 3 aliphatic rings. The van der Waals surface area contributed by atoms with Crippen molar-refractivity contribution in [2.45, 2.75) is 36.6 Å². The summed E-state index contributed by atoms with van der Waals surface area (Å²) in [6.07, 6.45) is 4.95. The largest absolute Gasteiger partial charge is 0.322 e. The van der Waals surface area contributed by atoms with Gasteiger partial charge >= 0.3 is 0 Å². The Bertz CT molecular complexity index is 3300. The zero-order chi connectivity index (χ0) is 39.4. The number of para-hydroxylation sites is 2. The Morgan fingerprint density at radius 3 is 1.80 bits per heavy atom. The van der Waals surface area contributed by atoms with Crippen LogP contribution in [0.3, 0.4) is 0 Å². The molecule has 9 aromatic carbocycles. The van der Waals surface area contributed by atoms with Crippen molar-refractivity contribution in [2.75, 3.05) is 4.90 Å². The summed E-state index contributed by atoms with van der Waals surface area (Å²) in [7, 11) is 0. The molecular formula is C58H42N2. The molecule has 13 rings (SSSR count). The van der Waals surface area contributed by atoms with Crippen LogP contribution < -0.4 is 4.90 Å². The maximum atomic E-state index is 2.69. The monoisotopic (exact) mass is 766 g/mol. The third kappa shape index (κ3) is 4.43. The maximum Gasteiger partial charge on any atom is 0.122 e. The molecule has 0 N–H and O–H groups in total. The van der Waals surface area contributed by atoms with Crippen LogP contribution in [-0.2, 0) is 11.0 Å². The van der Waals surface area contributed by atoms with Crippen molar-refractivity contribution in [3.8, 4) is 22.3 Å². The normalized spacial score (nSPS) is 15.3. The quantitative estimate of drug-likeness (QED) is 0.169. The highest BCUT2D eigenvalue weighted by atomic mass is 15.2. The van der Waals surface area contributed by atoms with E-state index in [4.69, 9.17) is 0 Å². The average Bonchev–Trinajstić information content (AvgIpc) is 4.08. The topological polar surface area (TPSA) is 8.17 Å². The molecule has 0 unspecified atom stereocenters. The van der Waals surface area contributed by atoms with Crippen LogP contribution in [0.2, 0.25) is 0 Å². The van der Waals surface area contributed by atoms with Gasteiger partial charge in [-0.15, -0.1) is 0 Å². The minimum Gasteiger partial charge on any atom is -0.322 e. The summed E-state index contributed by atoms with van der Waals surface area (Å²) in [5.74, 6) is 0. The smallest absolute Gasteiger partial charge is 0.122 e. The fraction of sp³-hybridized carbons (Fsp3) is 0.103. The lowest BCUT2D eigenvalue weighted by Crippen LogP contribution is -2.35. The summed E-state index contributed by atoms with van der Waals surface area (Å²) in [4.78, 5) is 2.53. The van der Waals surface area contributed by atoms with Gasteiger partial charge in [0.15, 0.2) is 0 Å². The van der Waals surface area contributed by atoms with E-state index in [1.807, 2.05) is 0 Å². The van der Waals surface area contributed by atoms with E-state index in [1.165, 1.54) is 114 Å². The van der Waals surface area contributed by atoms with E-state index < -0.39 is 5.54 Å². The molecule has 2 heteroatoms. The highest BCUT2D eigenvalue weighted by molar-refractivity contribution is 6.11. The van der Waals surface area contributed by atoms with Gasteiger partial charge in [-0.2, -0.15) is 0 Å². The highest BCUT2D eigenvalue weighted by Crippen LogP contribution is 2.61. The molecular weight excluding hydrogens is 725 g/mol. The summed E-state index contributed by atoms with van der Waals surface area (Å²) < 4.78 is 2.69. The van der Waals surface area contributed by atoms with E-state index in [0.29, 0.717) is 0 Å². The molecule has 284 valence electrons. The molecule has 0 amide bonds. The Morgan fingerprint density at radius 1 is 0.400 bits per heavy atom. The molecule has 1 saturated carbocycles. The van der Waals surface area contributed by atoms with Crippen molar-refractivity contribution in [3.63, 3.8) is 0 Å². The van der Waals surface area contributed by atoms with Gasteiger partial charge in [0.25, 0.3) is 0 Å². The van der Waals surface area contributed by atoms with Gasteiger partial charge < -0.3 is 9.47 Å². The average molecular weight is 767 g/mol. The van der Waals surface area contributed by atoms with Crippen LogP contribution in [0.1, 0.15) is 53.5 Å². The number of aromatic nitrogens is 1. The van der Waals surface area contributed by atoms with Gasteiger partial charge in [-0.25, -0.2) is 0 Å². The first-order chi connectivity index (χ1) is 29.8. The first kappa shape index (κ1) is 33.8. The zero-order valence-corrected chi connectivity index (χ0v) is 33.4. The van der Waals surface area contributed by atoms with Crippen LogP contribution in [0.5, 0.6) is 0 Å². The van der Waals surface area contributed by atoms with Crippen molar-refractivity contribution in [1.82, 2.24) is 4.57 Å². The molecule has 0 radical (unpaired) electrons. The van der Waals surface area contributed by atoms with Crippen LogP contribution in [0.4, 0.5) is 17.1 Å². The molecule has 3 aliphatic carbocycles. The Hall–Kier alpha value is -7.16. The lowest BCUT2D eigenvalue weighted by molar-refractivity contribution is 0.550. The summed E-state index contributed by atoms with van der Waals surface area (Å²) in [5.41, 5.74) is 17.6. The van der Waals surface area contributed by atoms with Crippen molar-refractivity contribution in [3.05, 3.63) is 234 Å². The van der Waals surface area contributed by atoms with E-state index >= 15 is 0 Å². The molecule has 1 heterocycles. The van der Waals surface area contributed by atoms with Gasteiger partial charge in [0.05, 0.1) is 16.7 Å². The first-order valence-corrected chi connectivity index (χ1v) is 21.6. The fourth-order valence-corrected chi connectivity index (χ4v) is 12.0. The maximum absolute atomic E-state index is 2.69. The number of anilines is 3. The third-order valence-electron chi connectivity index (χ3n) is 14.3. The Morgan fingerprint density at radius 2 is 1.02 bits per heavy atom. The summed E-state index contributed by atoms with van der Waals surface area (Å²) in [5, 5.41) is 4.99. The predicted octanol–water partition coefficient (Wildman–Crippen LogP) is 15.1. The molecule has 1 spiro atoms. The Labute approximate surface area is 350 Å².